The lowest BCUT2D eigenvalue weighted by Crippen LogP contribution is -2.47. The van der Waals surface area contributed by atoms with Crippen LogP contribution in [-0.2, 0) is 19.1 Å². The fraction of sp³-hybridized carbons (Fsp3) is 0.478. The largest absolute Gasteiger partial charge is 0.506 e. The van der Waals surface area contributed by atoms with E-state index in [4.69, 9.17) is 16.3 Å². The second-order valence-corrected chi connectivity index (χ2v) is 8.27. The summed E-state index contributed by atoms with van der Waals surface area (Å²) in [4.78, 5) is 22.8. The number of phenols is 1. The van der Waals surface area contributed by atoms with E-state index in [0.29, 0.717) is 35.0 Å². The first-order valence-corrected chi connectivity index (χ1v) is 10.2. The number of benzene rings is 1. The topological polar surface area (TPSA) is 72.8 Å². The van der Waals surface area contributed by atoms with Gasteiger partial charge in [-0.25, -0.2) is 0 Å². The quantitative estimate of drug-likeness (QED) is 0.442. The van der Waals surface area contributed by atoms with Crippen LogP contribution in [0.2, 0.25) is 5.02 Å². The number of ether oxygens (including phenoxy) is 2. The smallest absolute Gasteiger partial charge is 0.142 e. The fourth-order valence-electron chi connectivity index (χ4n) is 5.18. The predicted octanol–water partition coefficient (Wildman–Crippen LogP) is 4.51. The molecule has 0 spiro atoms. The third-order valence-electron chi connectivity index (χ3n) is 6.17. The zero-order valence-electron chi connectivity index (χ0n) is 17.0. The van der Waals surface area contributed by atoms with Gasteiger partial charge in [0, 0.05) is 37.2 Å². The lowest BCUT2D eigenvalue weighted by atomic mass is 9.53. The number of hydrogen-bond donors (Lipinski definition) is 1. The molecule has 0 unspecified atom stereocenters. The second kappa shape index (κ2) is 9.14. The summed E-state index contributed by atoms with van der Waals surface area (Å²) < 4.78 is 10.0. The third kappa shape index (κ3) is 3.99. The lowest BCUT2D eigenvalue weighted by Gasteiger charge is -2.50. The van der Waals surface area contributed by atoms with E-state index in [-0.39, 0.29) is 22.6 Å². The molecule has 0 radical (unpaired) electrons. The minimum absolute atomic E-state index is 0.0589. The van der Waals surface area contributed by atoms with Gasteiger partial charge in [0.25, 0.3) is 0 Å². The van der Waals surface area contributed by atoms with Crippen LogP contribution >= 0.6 is 11.6 Å². The summed E-state index contributed by atoms with van der Waals surface area (Å²) in [6.45, 7) is 0. The Morgan fingerprint density at radius 3 is 2.10 bits per heavy atom. The molecule has 6 heteroatoms. The number of rotatable bonds is 4. The minimum Gasteiger partial charge on any atom is -0.506 e. The van der Waals surface area contributed by atoms with E-state index in [2.05, 4.69) is 4.74 Å². The van der Waals surface area contributed by atoms with Gasteiger partial charge in [-0.2, -0.15) is 0 Å². The maximum Gasteiger partial charge on any atom is 0.142 e. The van der Waals surface area contributed by atoms with Crippen molar-refractivity contribution < 1.29 is 24.2 Å². The van der Waals surface area contributed by atoms with Crippen LogP contribution < -0.4 is 0 Å². The molecule has 1 aromatic carbocycles. The summed E-state index contributed by atoms with van der Waals surface area (Å²) in [5.74, 6) is 2.26. The van der Waals surface area contributed by atoms with E-state index in [1.54, 1.807) is 27.4 Å². The summed E-state index contributed by atoms with van der Waals surface area (Å²) in [7, 11) is 4.88. The number of methoxy groups -OCH3 is 2. The Kier molecular flexibility index (Phi) is 6.81. The number of carbonyl (C=O) groups excluding carboxylic acids is 2. The van der Waals surface area contributed by atoms with E-state index < -0.39 is 0 Å². The normalized spacial score (nSPS) is 27.0. The standard InChI is InChI=1S/C21H21ClO4.C2H6O/c1-26-21(16-5-4-11(3-2-6-23)20(25)18(16)22)17-12-7-14-9-13(17)10-15(8-12)19(14)24;1-3-2/h2-6,12-15,25H,7-10H2,1H3;1-2H3/b3-2+,21-17?;. The summed E-state index contributed by atoms with van der Waals surface area (Å²) in [6, 6.07) is 3.56. The molecule has 0 saturated heterocycles. The molecule has 4 saturated carbocycles. The number of aldehydes is 1. The number of ketones is 1. The van der Waals surface area contributed by atoms with Crippen LogP contribution in [0.3, 0.4) is 0 Å². The molecule has 0 amide bonds. The van der Waals surface area contributed by atoms with Crippen molar-refractivity contribution in [1.82, 2.24) is 0 Å². The first kappa shape index (κ1) is 21.6. The van der Waals surface area contributed by atoms with E-state index in [1.807, 2.05) is 6.07 Å². The Morgan fingerprint density at radius 1 is 1.07 bits per heavy atom. The summed E-state index contributed by atoms with van der Waals surface area (Å²) in [5.41, 5.74) is 2.41. The van der Waals surface area contributed by atoms with Crippen molar-refractivity contribution in [2.45, 2.75) is 25.7 Å². The maximum atomic E-state index is 12.3. The van der Waals surface area contributed by atoms with Crippen LogP contribution in [0.25, 0.3) is 11.8 Å². The van der Waals surface area contributed by atoms with Crippen LogP contribution in [0, 0.1) is 23.7 Å². The number of Topliss-reactive ketones (excluding diaryl/α,β-unsaturated/α-hetero) is 1. The second-order valence-electron chi connectivity index (χ2n) is 7.89. The first-order valence-electron chi connectivity index (χ1n) is 9.82. The van der Waals surface area contributed by atoms with Gasteiger partial charge in [-0.05, 0) is 61.3 Å². The Hall–Kier alpha value is -2.11. The number of halogens is 1. The zero-order valence-corrected chi connectivity index (χ0v) is 17.7. The van der Waals surface area contributed by atoms with Gasteiger partial charge in [0.2, 0.25) is 0 Å². The van der Waals surface area contributed by atoms with E-state index in [9.17, 15) is 14.7 Å². The van der Waals surface area contributed by atoms with Crippen LogP contribution in [0.15, 0.2) is 23.8 Å². The first-order chi connectivity index (χ1) is 14.0. The Balaban J connectivity index is 0.000000755. The molecular weight excluding hydrogens is 392 g/mol. The molecule has 156 valence electrons. The van der Waals surface area contributed by atoms with E-state index in [1.165, 1.54) is 17.7 Å². The molecule has 5 rings (SSSR count). The van der Waals surface area contributed by atoms with Crippen molar-refractivity contribution in [2.75, 3.05) is 21.3 Å². The number of aromatic hydroxyl groups is 1. The van der Waals surface area contributed by atoms with Gasteiger partial charge in [0.15, 0.2) is 0 Å². The minimum atomic E-state index is -0.0589. The molecular formula is C23H27ClO5. The zero-order chi connectivity index (χ0) is 21.1. The lowest BCUT2D eigenvalue weighted by molar-refractivity contribution is -0.136. The number of hydrogen-bond acceptors (Lipinski definition) is 5. The highest BCUT2D eigenvalue weighted by Gasteiger charge is 2.51. The maximum absolute atomic E-state index is 12.3. The Morgan fingerprint density at radius 2 is 1.62 bits per heavy atom. The molecule has 1 aromatic rings. The van der Waals surface area contributed by atoms with Gasteiger partial charge in [-0.3, -0.25) is 9.59 Å². The van der Waals surface area contributed by atoms with Gasteiger partial charge in [-0.15, -0.1) is 0 Å². The number of carbonyl (C=O) groups is 2. The third-order valence-corrected chi connectivity index (χ3v) is 6.56. The highest BCUT2D eigenvalue weighted by Crippen LogP contribution is 2.57. The molecule has 0 heterocycles. The molecule has 0 aliphatic heterocycles. The average Bonchev–Trinajstić information content (AvgIpc) is 2.69. The van der Waals surface area contributed by atoms with Crippen molar-refractivity contribution in [2.24, 2.45) is 23.7 Å². The van der Waals surface area contributed by atoms with Crippen molar-refractivity contribution in [1.29, 1.82) is 0 Å². The van der Waals surface area contributed by atoms with Crippen LogP contribution in [-0.4, -0.2) is 38.5 Å². The molecule has 29 heavy (non-hydrogen) atoms. The highest BCUT2D eigenvalue weighted by atomic mass is 35.5. The van der Waals surface area contributed by atoms with Gasteiger partial charge >= 0.3 is 0 Å². The molecule has 4 fully saturated rings. The van der Waals surface area contributed by atoms with Crippen molar-refractivity contribution in [3.8, 4) is 5.75 Å². The van der Waals surface area contributed by atoms with Gasteiger partial charge < -0.3 is 14.6 Å². The predicted molar refractivity (Wildman–Crippen MR) is 113 cm³/mol. The van der Waals surface area contributed by atoms with Crippen molar-refractivity contribution >= 4 is 35.5 Å². The van der Waals surface area contributed by atoms with Crippen LogP contribution in [0.5, 0.6) is 5.75 Å². The summed E-state index contributed by atoms with van der Waals surface area (Å²) in [6.07, 6.45) is 7.09. The van der Waals surface area contributed by atoms with Gasteiger partial charge in [-0.1, -0.05) is 17.7 Å². The molecule has 5 nitrogen and oxygen atoms in total. The van der Waals surface area contributed by atoms with Gasteiger partial charge in [0.05, 0.1) is 12.1 Å². The summed E-state index contributed by atoms with van der Waals surface area (Å²) >= 11 is 6.45. The molecule has 4 aliphatic rings. The number of phenolic OH excluding ortho intramolecular Hbond substituents is 1. The molecule has 0 aromatic heterocycles. The SMILES string of the molecule is COC.COC(=C1C2CC3CC1CC(C2)C3=O)c1ccc(/C=C/C=O)c(O)c1Cl. The van der Waals surface area contributed by atoms with Crippen LogP contribution in [0.1, 0.15) is 36.8 Å². The van der Waals surface area contributed by atoms with E-state index in [0.717, 1.165) is 31.4 Å². The monoisotopic (exact) mass is 418 g/mol. The van der Waals surface area contributed by atoms with E-state index >= 15 is 0 Å². The summed E-state index contributed by atoms with van der Waals surface area (Å²) in [5, 5.41) is 10.6. The van der Waals surface area contributed by atoms with Gasteiger partial charge in [0.1, 0.15) is 23.6 Å². The fourth-order valence-corrected chi connectivity index (χ4v) is 5.44. The highest BCUT2D eigenvalue weighted by molar-refractivity contribution is 6.34. The number of allylic oxidation sites excluding steroid dienone is 2. The van der Waals surface area contributed by atoms with Crippen molar-refractivity contribution in [3.63, 3.8) is 0 Å². The molecule has 4 bridgehead atoms. The molecule has 4 aliphatic carbocycles. The van der Waals surface area contributed by atoms with Crippen molar-refractivity contribution in [3.05, 3.63) is 39.9 Å². The van der Waals surface area contributed by atoms with Crippen LogP contribution in [0.4, 0.5) is 0 Å². The Labute approximate surface area is 176 Å². The average molecular weight is 419 g/mol. The molecule has 0 atom stereocenters. The molecule has 1 N–H and O–H groups in total. The Bertz CT molecular complexity index is 821.